The van der Waals surface area contributed by atoms with Crippen LogP contribution in [-0.4, -0.2) is 31.3 Å². The topological polar surface area (TPSA) is 88.7 Å². The van der Waals surface area contributed by atoms with E-state index in [0.29, 0.717) is 0 Å². The minimum absolute atomic E-state index is 0.0110. The van der Waals surface area contributed by atoms with E-state index in [1.54, 1.807) is 0 Å². The average molecular weight is 434 g/mol. The minimum atomic E-state index is -4.88. The number of hydrogen-bond donors (Lipinski definition) is 3. The average Bonchev–Trinajstić information content (AvgIpc) is 2.65. The molecule has 2 rings (SSSR count). The second kappa shape index (κ2) is 9.37. The summed E-state index contributed by atoms with van der Waals surface area (Å²) in [7, 11) is 0. The van der Waals surface area contributed by atoms with E-state index in [9.17, 15) is 31.1 Å². The van der Waals surface area contributed by atoms with Gasteiger partial charge in [0.1, 0.15) is 0 Å². The van der Waals surface area contributed by atoms with Crippen molar-refractivity contribution in [1.82, 2.24) is 5.32 Å². The second-order valence-electron chi connectivity index (χ2n) is 5.77. The Labute approximate surface area is 166 Å². The molecule has 0 unspecified atom stereocenters. The van der Waals surface area contributed by atoms with Crippen LogP contribution in [0.5, 0.6) is 5.75 Å². The number of hydrogen-bond acceptors (Lipinski definition) is 3. The molecule has 2 aromatic carbocycles. The molecule has 30 heavy (non-hydrogen) atoms. The first-order chi connectivity index (χ1) is 14.0. The Hall–Kier alpha value is -3.44. The molecule has 0 aliphatic heterocycles. The van der Waals surface area contributed by atoms with Crippen molar-refractivity contribution in [1.29, 1.82) is 0 Å². The number of ether oxygens (including phenoxy) is 1. The van der Waals surface area contributed by atoms with E-state index in [-0.39, 0.29) is 30.3 Å². The van der Waals surface area contributed by atoms with Gasteiger partial charge < -0.3 is 21.1 Å². The zero-order valence-corrected chi connectivity index (χ0v) is 15.1. The summed E-state index contributed by atoms with van der Waals surface area (Å²) in [5.41, 5.74) is 4.69. The molecule has 0 fully saturated rings. The molecule has 1 amide bonds. The highest BCUT2D eigenvalue weighted by Gasteiger charge is 2.32. The van der Waals surface area contributed by atoms with Crippen molar-refractivity contribution in [3.63, 3.8) is 0 Å². The Balaban J connectivity index is 1.87. The molecule has 0 atom stereocenters. The maximum absolute atomic E-state index is 12.5. The van der Waals surface area contributed by atoms with Crippen LogP contribution < -0.4 is 21.1 Å². The van der Waals surface area contributed by atoms with Crippen LogP contribution in [0.25, 0.3) is 0 Å². The second-order valence-corrected chi connectivity index (χ2v) is 5.77. The molecular weight excluding hydrogens is 418 g/mol. The number of anilines is 1. The number of carbonyl (C=O) groups is 1. The predicted octanol–water partition coefficient (Wildman–Crippen LogP) is 3.76. The third-order valence-corrected chi connectivity index (χ3v) is 3.53. The zero-order chi connectivity index (χ0) is 22.4. The van der Waals surface area contributed by atoms with Gasteiger partial charge in [-0.05, 0) is 36.4 Å². The van der Waals surface area contributed by atoms with E-state index >= 15 is 0 Å². The number of nitrogens with two attached hydrogens (primary N) is 1. The summed E-state index contributed by atoms with van der Waals surface area (Å²) in [5.74, 6) is -1.34. The summed E-state index contributed by atoms with van der Waals surface area (Å²) in [6, 6.07) is 8.84. The highest BCUT2D eigenvalue weighted by molar-refractivity contribution is 5.94. The Morgan fingerprint density at radius 3 is 2.23 bits per heavy atom. The maximum Gasteiger partial charge on any atom is 0.573 e. The molecule has 4 N–H and O–H groups in total. The van der Waals surface area contributed by atoms with Gasteiger partial charge in [-0.3, -0.25) is 9.79 Å². The number of nitrogens with zero attached hydrogens (tertiary/aromatic N) is 1. The third-order valence-electron chi connectivity index (χ3n) is 3.53. The van der Waals surface area contributed by atoms with Crippen molar-refractivity contribution < 1.29 is 35.9 Å². The van der Waals surface area contributed by atoms with E-state index in [4.69, 9.17) is 5.73 Å². The van der Waals surface area contributed by atoms with Crippen molar-refractivity contribution in [2.75, 3.05) is 18.4 Å². The first-order valence-corrected chi connectivity index (χ1v) is 8.33. The number of nitrogens with one attached hydrogen (secondary N) is 2. The number of aliphatic imine (C=N–C) groups is 1. The van der Waals surface area contributed by atoms with Crippen LogP contribution in [0.15, 0.2) is 53.5 Å². The lowest BCUT2D eigenvalue weighted by atomic mass is 10.1. The van der Waals surface area contributed by atoms with Gasteiger partial charge in [0.15, 0.2) is 11.7 Å². The Kier molecular flexibility index (Phi) is 7.14. The molecule has 0 heterocycles. The number of halogens is 6. The smallest absolute Gasteiger partial charge is 0.404 e. The van der Waals surface area contributed by atoms with Crippen molar-refractivity contribution in [3.05, 3.63) is 59.7 Å². The molecule has 0 saturated heterocycles. The number of amides is 1. The molecule has 162 valence electrons. The number of guanidine groups is 1. The lowest BCUT2D eigenvalue weighted by Gasteiger charge is -2.14. The van der Waals surface area contributed by atoms with E-state index < -0.39 is 29.8 Å². The largest absolute Gasteiger partial charge is 0.573 e. The lowest BCUT2D eigenvalue weighted by molar-refractivity contribution is -0.274. The number of carbonyl (C=O) groups excluding carboxylic acids is 1. The fourth-order valence-corrected chi connectivity index (χ4v) is 2.22. The number of alkyl halides is 6. The SMILES string of the molecule is NC(=NCCNC(=O)c1ccc(C(F)(F)F)cc1)Nc1ccccc1OC(F)(F)F. The summed E-state index contributed by atoms with van der Waals surface area (Å²) in [4.78, 5) is 15.8. The molecule has 0 bridgehead atoms. The molecule has 0 aromatic heterocycles. The van der Waals surface area contributed by atoms with Gasteiger partial charge in [0.05, 0.1) is 17.8 Å². The van der Waals surface area contributed by atoms with Crippen molar-refractivity contribution >= 4 is 17.6 Å². The molecular formula is C18H16F6N4O2. The Morgan fingerprint density at radius 1 is 1.00 bits per heavy atom. The van der Waals surface area contributed by atoms with E-state index in [1.807, 2.05) is 0 Å². The van der Waals surface area contributed by atoms with Gasteiger partial charge in [-0.2, -0.15) is 13.2 Å². The van der Waals surface area contributed by atoms with Crippen LogP contribution in [-0.2, 0) is 6.18 Å². The van der Waals surface area contributed by atoms with E-state index in [1.165, 1.54) is 18.2 Å². The predicted molar refractivity (Wildman–Crippen MR) is 97.0 cm³/mol. The zero-order valence-electron chi connectivity index (χ0n) is 15.1. The highest BCUT2D eigenvalue weighted by Crippen LogP contribution is 2.30. The van der Waals surface area contributed by atoms with Crippen LogP contribution in [0, 0.1) is 0 Å². The maximum atomic E-state index is 12.5. The Morgan fingerprint density at radius 2 is 1.63 bits per heavy atom. The van der Waals surface area contributed by atoms with Gasteiger partial charge in [0.25, 0.3) is 5.91 Å². The van der Waals surface area contributed by atoms with Crippen LogP contribution in [0.4, 0.5) is 32.0 Å². The molecule has 0 spiro atoms. The fourth-order valence-electron chi connectivity index (χ4n) is 2.22. The van der Waals surface area contributed by atoms with Gasteiger partial charge in [0, 0.05) is 12.1 Å². The number of rotatable bonds is 6. The summed E-state index contributed by atoms with van der Waals surface area (Å²) >= 11 is 0. The van der Waals surface area contributed by atoms with Gasteiger partial charge >= 0.3 is 12.5 Å². The van der Waals surface area contributed by atoms with Crippen LogP contribution in [0.3, 0.4) is 0 Å². The van der Waals surface area contributed by atoms with E-state index in [2.05, 4.69) is 20.4 Å². The van der Waals surface area contributed by atoms with E-state index in [0.717, 1.165) is 30.3 Å². The summed E-state index contributed by atoms with van der Waals surface area (Å²) in [6.07, 6.45) is -9.38. The molecule has 0 saturated carbocycles. The number of para-hydroxylation sites is 2. The summed E-state index contributed by atoms with van der Waals surface area (Å²) < 4.78 is 78.6. The third kappa shape index (κ3) is 7.18. The number of benzene rings is 2. The van der Waals surface area contributed by atoms with Crippen LogP contribution in [0.2, 0.25) is 0 Å². The van der Waals surface area contributed by atoms with Gasteiger partial charge in [-0.15, -0.1) is 13.2 Å². The lowest BCUT2D eigenvalue weighted by Crippen LogP contribution is -2.29. The molecule has 2 aromatic rings. The summed E-state index contributed by atoms with van der Waals surface area (Å²) in [6.45, 7) is -0.0452. The first-order valence-electron chi connectivity index (χ1n) is 8.33. The summed E-state index contributed by atoms with van der Waals surface area (Å²) in [5, 5.41) is 4.89. The van der Waals surface area contributed by atoms with Gasteiger partial charge in [0.2, 0.25) is 0 Å². The molecule has 0 radical (unpaired) electrons. The van der Waals surface area contributed by atoms with Crippen LogP contribution >= 0.6 is 0 Å². The fraction of sp³-hybridized carbons (Fsp3) is 0.222. The normalized spacial score (nSPS) is 12.4. The van der Waals surface area contributed by atoms with Gasteiger partial charge in [-0.25, -0.2) is 0 Å². The quantitative estimate of drug-likeness (QED) is 0.280. The standard InChI is InChI=1S/C18H16F6N4O2/c19-17(20,21)12-7-5-11(6-8-12)15(29)26-9-10-27-16(25)28-13-3-1-2-4-14(13)30-18(22,23)24/h1-8H,9-10H2,(H,26,29)(H3,25,27,28). The monoisotopic (exact) mass is 434 g/mol. The molecule has 6 nitrogen and oxygen atoms in total. The highest BCUT2D eigenvalue weighted by atomic mass is 19.4. The first kappa shape index (κ1) is 22.8. The Bertz CT molecular complexity index is 895. The van der Waals surface area contributed by atoms with Crippen molar-refractivity contribution in [2.24, 2.45) is 10.7 Å². The van der Waals surface area contributed by atoms with Gasteiger partial charge in [-0.1, -0.05) is 12.1 Å². The van der Waals surface area contributed by atoms with Crippen molar-refractivity contribution in [3.8, 4) is 5.75 Å². The molecule has 0 aliphatic carbocycles. The van der Waals surface area contributed by atoms with Crippen LogP contribution in [0.1, 0.15) is 15.9 Å². The van der Waals surface area contributed by atoms with Crippen molar-refractivity contribution in [2.45, 2.75) is 12.5 Å². The molecule has 12 heteroatoms. The molecule has 0 aliphatic rings. The minimum Gasteiger partial charge on any atom is -0.404 e.